The molecule has 1 N–H and O–H groups in total. The standard InChI is InChI=1S/C20H26O6/c1-4-12-7-13(21)9-14-15-6-5-11(2)10-20(15,19(24)25-3)26-18(23)17(14)16(22)8-12/h5-6,11-12,14-15,22H,4,7-10H2,1-3H3/b17-16-/t11-,12-,14-,15-,20+/m0/s1. The van der Waals surface area contributed by atoms with Gasteiger partial charge in [-0.25, -0.2) is 9.59 Å². The summed E-state index contributed by atoms with van der Waals surface area (Å²) in [6.45, 7) is 3.89. The zero-order valence-electron chi connectivity index (χ0n) is 15.5. The van der Waals surface area contributed by atoms with Gasteiger partial charge in [0.25, 0.3) is 0 Å². The van der Waals surface area contributed by atoms with Crippen LogP contribution in [0.2, 0.25) is 0 Å². The highest BCUT2D eigenvalue weighted by molar-refractivity contribution is 5.97. The van der Waals surface area contributed by atoms with E-state index in [2.05, 4.69) is 0 Å². The van der Waals surface area contributed by atoms with Gasteiger partial charge < -0.3 is 14.6 Å². The molecule has 2 aliphatic carbocycles. The van der Waals surface area contributed by atoms with Crippen molar-refractivity contribution in [3.63, 3.8) is 0 Å². The Morgan fingerprint density at radius 3 is 2.69 bits per heavy atom. The molecule has 142 valence electrons. The van der Waals surface area contributed by atoms with Gasteiger partial charge in [-0.2, -0.15) is 0 Å². The van der Waals surface area contributed by atoms with Crippen molar-refractivity contribution in [3.8, 4) is 0 Å². The highest BCUT2D eigenvalue weighted by Crippen LogP contribution is 2.50. The Morgan fingerprint density at radius 1 is 1.31 bits per heavy atom. The van der Waals surface area contributed by atoms with Crippen LogP contribution in [0, 0.1) is 23.7 Å². The normalized spacial score (nSPS) is 40.0. The number of hydrogen-bond donors (Lipinski definition) is 1. The molecule has 1 aliphatic heterocycles. The zero-order chi connectivity index (χ0) is 19.1. The summed E-state index contributed by atoms with van der Waals surface area (Å²) in [7, 11) is 1.27. The Balaban J connectivity index is 2.12. The van der Waals surface area contributed by atoms with Crippen LogP contribution < -0.4 is 0 Å². The number of allylic oxidation sites excluding steroid dienone is 2. The molecule has 0 radical (unpaired) electrons. The van der Waals surface area contributed by atoms with Gasteiger partial charge in [0.05, 0.1) is 12.7 Å². The van der Waals surface area contributed by atoms with Gasteiger partial charge in [-0.1, -0.05) is 32.4 Å². The van der Waals surface area contributed by atoms with E-state index in [9.17, 15) is 19.5 Å². The molecule has 5 atom stereocenters. The van der Waals surface area contributed by atoms with Crippen LogP contribution in [0.15, 0.2) is 23.5 Å². The molecule has 0 spiro atoms. The summed E-state index contributed by atoms with van der Waals surface area (Å²) >= 11 is 0. The third-order valence-corrected chi connectivity index (χ3v) is 5.97. The Labute approximate surface area is 153 Å². The van der Waals surface area contributed by atoms with Gasteiger partial charge in [-0.05, 0) is 11.8 Å². The maximum absolute atomic E-state index is 12.8. The van der Waals surface area contributed by atoms with Gasteiger partial charge in [0.1, 0.15) is 11.5 Å². The Morgan fingerprint density at radius 2 is 2.04 bits per heavy atom. The second kappa shape index (κ2) is 6.89. The molecule has 1 saturated heterocycles. The molecule has 3 aliphatic rings. The third kappa shape index (κ3) is 2.95. The first-order valence-corrected chi connectivity index (χ1v) is 9.26. The van der Waals surface area contributed by atoms with Crippen LogP contribution in [0.5, 0.6) is 0 Å². The Hall–Kier alpha value is -2.11. The first kappa shape index (κ1) is 18.7. The summed E-state index contributed by atoms with van der Waals surface area (Å²) in [5.41, 5.74) is -1.28. The van der Waals surface area contributed by atoms with Crippen LogP contribution >= 0.6 is 0 Å². The van der Waals surface area contributed by atoms with Gasteiger partial charge in [-0.15, -0.1) is 0 Å². The van der Waals surface area contributed by atoms with Crippen LogP contribution in [-0.2, 0) is 23.9 Å². The molecule has 0 saturated carbocycles. The van der Waals surface area contributed by atoms with E-state index in [1.165, 1.54) is 7.11 Å². The number of aliphatic hydroxyl groups is 1. The van der Waals surface area contributed by atoms with E-state index in [0.29, 0.717) is 12.8 Å². The van der Waals surface area contributed by atoms with Crippen molar-refractivity contribution in [3.05, 3.63) is 23.5 Å². The molecule has 0 aromatic rings. The summed E-state index contributed by atoms with van der Waals surface area (Å²) in [5, 5.41) is 10.6. The molecule has 0 unspecified atom stereocenters. The molecule has 0 amide bonds. The largest absolute Gasteiger partial charge is 0.512 e. The van der Waals surface area contributed by atoms with Crippen molar-refractivity contribution in [2.75, 3.05) is 7.11 Å². The predicted molar refractivity (Wildman–Crippen MR) is 93.0 cm³/mol. The van der Waals surface area contributed by atoms with Crippen molar-refractivity contribution < 1.29 is 29.0 Å². The first-order chi connectivity index (χ1) is 12.3. The molecule has 0 aromatic heterocycles. The quantitative estimate of drug-likeness (QED) is 0.600. The molecular formula is C20H26O6. The first-order valence-electron chi connectivity index (χ1n) is 9.26. The molecule has 3 rings (SSSR count). The fourth-order valence-electron chi connectivity index (χ4n) is 4.66. The van der Waals surface area contributed by atoms with Crippen molar-refractivity contribution in [1.29, 1.82) is 0 Å². The lowest BCUT2D eigenvalue weighted by molar-refractivity contribution is -0.195. The molecule has 1 fully saturated rings. The van der Waals surface area contributed by atoms with Crippen LogP contribution in [-0.4, -0.2) is 35.5 Å². The minimum atomic E-state index is -1.43. The van der Waals surface area contributed by atoms with Gasteiger partial charge in [0.2, 0.25) is 5.60 Å². The van der Waals surface area contributed by atoms with E-state index >= 15 is 0 Å². The molecular weight excluding hydrogens is 336 g/mol. The van der Waals surface area contributed by atoms with Gasteiger partial charge >= 0.3 is 11.9 Å². The summed E-state index contributed by atoms with van der Waals surface area (Å²) in [6, 6.07) is 0. The fraction of sp³-hybridized carbons (Fsp3) is 0.650. The van der Waals surface area contributed by atoms with Gasteiger partial charge in [0, 0.05) is 37.5 Å². The lowest BCUT2D eigenvalue weighted by Crippen LogP contribution is -2.59. The smallest absolute Gasteiger partial charge is 0.351 e. The number of aliphatic hydroxyl groups excluding tert-OH is 1. The topological polar surface area (TPSA) is 89.9 Å². The summed E-state index contributed by atoms with van der Waals surface area (Å²) in [4.78, 5) is 38.0. The second-order valence-corrected chi connectivity index (χ2v) is 7.75. The lowest BCUT2D eigenvalue weighted by atomic mass is 9.63. The third-order valence-electron chi connectivity index (χ3n) is 5.97. The second-order valence-electron chi connectivity index (χ2n) is 7.75. The Kier molecular flexibility index (Phi) is 4.95. The highest BCUT2D eigenvalue weighted by atomic mass is 16.6. The maximum atomic E-state index is 12.8. The molecule has 1 heterocycles. The average molecular weight is 362 g/mol. The number of carbonyl (C=O) groups is 3. The summed E-state index contributed by atoms with van der Waals surface area (Å²) < 4.78 is 10.6. The van der Waals surface area contributed by atoms with Crippen LogP contribution in [0.25, 0.3) is 0 Å². The zero-order valence-corrected chi connectivity index (χ0v) is 15.5. The van der Waals surface area contributed by atoms with Crippen LogP contribution in [0.3, 0.4) is 0 Å². The number of hydrogen-bond acceptors (Lipinski definition) is 6. The minimum absolute atomic E-state index is 0.00941. The van der Waals surface area contributed by atoms with E-state index in [1.807, 2.05) is 26.0 Å². The average Bonchev–Trinajstić information content (AvgIpc) is 2.58. The number of carbonyl (C=O) groups excluding carboxylic acids is 3. The summed E-state index contributed by atoms with van der Waals surface area (Å²) in [5.74, 6) is -2.30. The fourth-order valence-corrected chi connectivity index (χ4v) is 4.66. The number of esters is 2. The summed E-state index contributed by atoms with van der Waals surface area (Å²) in [6.07, 6.45) is 5.64. The van der Waals surface area contributed by atoms with Crippen molar-refractivity contribution in [2.24, 2.45) is 23.7 Å². The van der Waals surface area contributed by atoms with E-state index in [1.54, 1.807) is 0 Å². The number of fused-ring (bicyclic) bond motifs is 3. The number of methoxy groups -OCH3 is 1. The van der Waals surface area contributed by atoms with E-state index in [0.717, 1.165) is 6.42 Å². The Bertz CT molecular complexity index is 690. The predicted octanol–water partition coefficient (Wildman–Crippen LogP) is 2.87. The number of ketones is 1. The highest BCUT2D eigenvalue weighted by Gasteiger charge is 2.60. The number of rotatable bonds is 2. The van der Waals surface area contributed by atoms with Crippen LogP contribution in [0.4, 0.5) is 0 Å². The molecule has 6 nitrogen and oxygen atoms in total. The SMILES string of the molecule is CC[C@H]1CC(=O)C[C@@H]2/C(=C(/O)C1)C(=O)O[C@]1(C(=O)OC)C[C@@H](C)C=C[C@@H]21. The molecule has 26 heavy (non-hydrogen) atoms. The molecule has 0 aromatic carbocycles. The number of ether oxygens (including phenoxy) is 2. The number of Topliss-reactive ketones (excluding diaryl/α,β-unsaturated/α-hetero) is 1. The van der Waals surface area contributed by atoms with E-state index < -0.39 is 29.4 Å². The van der Waals surface area contributed by atoms with Crippen molar-refractivity contribution in [2.45, 2.75) is 51.6 Å². The van der Waals surface area contributed by atoms with Crippen LogP contribution in [0.1, 0.15) is 46.0 Å². The monoisotopic (exact) mass is 362 g/mol. The minimum Gasteiger partial charge on any atom is -0.512 e. The van der Waals surface area contributed by atoms with Crippen molar-refractivity contribution >= 4 is 17.7 Å². The van der Waals surface area contributed by atoms with E-state index in [-0.39, 0.29) is 41.8 Å². The maximum Gasteiger partial charge on any atom is 0.351 e. The van der Waals surface area contributed by atoms with Crippen molar-refractivity contribution in [1.82, 2.24) is 0 Å². The van der Waals surface area contributed by atoms with Gasteiger partial charge in [-0.3, -0.25) is 4.79 Å². The molecule has 6 heteroatoms. The van der Waals surface area contributed by atoms with Gasteiger partial charge in [0.15, 0.2) is 0 Å². The lowest BCUT2D eigenvalue weighted by Gasteiger charge is -2.47. The molecule has 0 bridgehead atoms. The van der Waals surface area contributed by atoms with E-state index in [4.69, 9.17) is 9.47 Å².